The van der Waals surface area contributed by atoms with Crippen molar-refractivity contribution < 1.29 is 9.72 Å². The van der Waals surface area contributed by atoms with Crippen LogP contribution in [0.2, 0.25) is 0 Å². The Balaban J connectivity index is 1.93. The molecule has 0 bridgehead atoms. The zero-order valence-electron chi connectivity index (χ0n) is 13.9. The number of nitro groups is 1. The number of rotatable bonds is 5. The SMILES string of the molecule is CCCN1C(=O)c2ccccc2N[C@@H]1/C=C/c1ccccc1[N+](=O)[O-]. The molecule has 0 fully saturated rings. The Morgan fingerprint density at radius 1 is 1.20 bits per heavy atom. The van der Waals surface area contributed by atoms with Gasteiger partial charge in [0.15, 0.2) is 0 Å². The zero-order valence-corrected chi connectivity index (χ0v) is 13.9. The number of carbonyl (C=O) groups excluding carboxylic acids is 1. The number of benzene rings is 2. The predicted octanol–water partition coefficient (Wildman–Crippen LogP) is 3.91. The molecule has 25 heavy (non-hydrogen) atoms. The van der Waals surface area contributed by atoms with Crippen LogP contribution >= 0.6 is 0 Å². The van der Waals surface area contributed by atoms with Gasteiger partial charge in [0.1, 0.15) is 6.17 Å². The second-order valence-electron chi connectivity index (χ2n) is 5.81. The smallest absolute Gasteiger partial charge is 0.276 e. The van der Waals surface area contributed by atoms with E-state index in [1.807, 2.05) is 25.1 Å². The highest BCUT2D eigenvalue weighted by molar-refractivity contribution is 6.01. The number of nitrogens with zero attached hydrogens (tertiary/aromatic N) is 2. The minimum absolute atomic E-state index is 0.0339. The van der Waals surface area contributed by atoms with Gasteiger partial charge >= 0.3 is 0 Å². The monoisotopic (exact) mass is 337 g/mol. The second-order valence-corrected chi connectivity index (χ2v) is 5.81. The Kier molecular flexibility index (Phi) is 4.79. The van der Waals surface area contributed by atoms with Crippen LogP contribution in [0.3, 0.4) is 0 Å². The number of anilines is 1. The molecule has 0 saturated carbocycles. The van der Waals surface area contributed by atoms with E-state index in [0.717, 1.165) is 12.1 Å². The van der Waals surface area contributed by atoms with Gasteiger partial charge in [-0.15, -0.1) is 0 Å². The lowest BCUT2D eigenvalue weighted by atomic mass is 10.1. The van der Waals surface area contributed by atoms with Gasteiger partial charge in [-0.05, 0) is 36.8 Å². The normalized spacial score (nSPS) is 16.6. The number of nitro benzene ring substituents is 1. The van der Waals surface area contributed by atoms with Crippen molar-refractivity contribution in [2.24, 2.45) is 0 Å². The maximum absolute atomic E-state index is 12.7. The molecule has 2 aromatic carbocycles. The summed E-state index contributed by atoms with van der Waals surface area (Å²) in [6.07, 6.45) is 3.97. The van der Waals surface area contributed by atoms with E-state index >= 15 is 0 Å². The molecule has 1 N–H and O–H groups in total. The summed E-state index contributed by atoms with van der Waals surface area (Å²) in [5.41, 5.74) is 1.98. The van der Waals surface area contributed by atoms with E-state index in [0.29, 0.717) is 17.7 Å². The van der Waals surface area contributed by atoms with E-state index in [1.165, 1.54) is 6.07 Å². The van der Waals surface area contributed by atoms with Crippen molar-refractivity contribution >= 4 is 23.4 Å². The molecule has 1 amide bonds. The first-order valence-electron chi connectivity index (χ1n) is 8.20. The minimum Gasteiger partial charge on any atom is -0.361 e. The van der Waals surface area contributed by atoms with E-state index in [4.69, 9.17) is 0 Å². The van der Waals surface area contributed by atoms with Crippen molar-refractivity contribution in [1.29, 1.82) is 0 Å². The van der Waals surface area contributed by atoms with Gasteiger partial charge in [0.25, 0.3) is 11.6 Å². The van der Waals surface area contributed by atoms with Crippen LogP contribution in [-0.4, -0.2) is 28.4 Å². The fourth-order valence-corrected chi connectivity index (χ4v) is 2.94. The quantitative estimate of drug-likeness (QED) is 0.663. The van der Waals surface area contributed by atoms with E-state index < -0.39 is 4.92 Å². The van der Waals surface area contributed by atoms with Gasteiger partial charge in [0.2, 0.25) is 0 Å². The van der Waals surface area contributed by atoms with Crippen LogP contribution in [-0.2, 0) is 0 Å². The lowest BCUT2D eigenvalue weighted by Gasteiger charge is -2.36. The molecule has 2 aromatic rings. The van der Waals surface area contributed by atoms with E-state index in [-0.39, 0.29) is 17.8 Å². The first kappa shape index (κ1) is 16.7. The highest BCUT2D eigenvalue weighted by atomic mass is 16.6. The van der Waals surface area contributed by atoms with Crippen molar-refractivity contribution in [2.45, 2.75) is 19.5 Å². The van der Waals surface area contributed by atoms with Crippen molar-refractivity contribution in [3.05, 3.63) is 75.8 Å². The summed E-state index contributed by atoms with van der Waals surface area (Å²) in [6.45, 7) is 2.61. The number of hydrogen-bond acceptors (Lipinski definition) is 4. The van der Waals surface area contributed by atoms with Gasteiger partial charge in [-0.25, -0.2) is 0 Å². The summed E-state index contributed by atoms with van der Waals surface area (Å²) in [4.78, 5) is 25.2. The van der Waals surface area contributed by atoms with Gasteiger partial charge in [-0.1, -0.05) is 31.2 Å². The second kappa shape index (κ2) is 7.17. The largest absolute Gasteiger partial charge is 0.361 e. The highest BCUT2D eigenvalue weighted by Gasteiger charge is 2.29. The Labute approximate surface area is 145 Å². The summed E-state index contributed by atoms with van der Waals surface area (Å²) >= 11 is 0. The van der Waals surface area contributed by atoms with Gasteiger partial charge in [-0.3, -0.25) is 14.9 Å². The van der Waals surface area contributed by atoms with Gasteiger partial charge in [0, 0.05) is 18.3 Å². The van der Waals surface area contributed by atoms with Crippen molar-refractivity contribution in [3.63, 3.8) is 0 Å². The van der Waals surface area contributed by atoms with Crippen LogP contribution in [0.15, 0.2) is 54.6 Å². The molecule has 1 atom stereocenters. The Morgan fingerprint density at radius 3 is 2.68 bits per heavy atom. The zero-order chi connectivity index (χ0) is 17.8. The number of hydrogen-bond donors (Lipinski definition) is 1. The summed E-state index contributed by atoms with van der Waals surface area (Å²) in [6, 6.07) is 13.9. The summed E-state index contributed by atoms with van der Waals surface area (Å²) in [7, 11) is 0. The lowest BCUT2D eigenvalue weighted by molar-refractivity contribution is -0.385. The molecule has 0 unspecified atom stereocenters. The third kappa shape index (κ3) is 3.38. The average Bonchev–Trinajstić information content (AvgIpc) is 2.63. The van der Waals surface area contributed by atoms with Crippen molar-refractivity contribution in [3.8, 4) is 0 Å². The van der Waals surface area contributed by atoms with Crippen LogP contribution < -0.4 is 5.32 Å². The number of nitrogens with one attached hydrogen (secondary N) is 1. The standard InChI is InChI=1S/C19H19N3O3/c1-2-13-21-18(20-16-9-5-4-8-15(16)19(21)23)12-11-14-7-3-6-10-17(14)22(24)25/h3-12,18,20H,2,13H2,1H3/b12-11+/t18-/m0/s1. The molecule has 0 spiro atoms. The topological polar surface area (TPSA) is 75.5 Å². The maximum atomic E-state index is 12.7. The molecule has 0 aliphatic carbocycles. The van der Waals surface area contributed by atoms with Crippen LogP contribution in [0.5, 0.6) is 0 Å². The number of amides is 1. The third-order valence-electron chi connectivity index (χ3n) is 4.11. The van der Waals surface area contributed by atoms with Gasteiger partial charge in [0.05, 0.1) is 16.1 Å². The molecule has 6 heteroatoms. The van der Waals surface area contributed by atoms with Crippen LogP contribution in [0.4, 0.5) is 11.4 Å². The van der Waals surface area contributed by atoms with Crippen LogP contribution in [0.1, 0.15) is 29.3 Å². The van der Waals surface area contributed by atoms with E-state index in [2.05, 4.69) is 5.32 Å². The van der Waals surface area contributed by atoms with Crippen molar-refractivity contribution in [2.75, 3.05) is 11.9 Å². The predicted molar refractivity (Wildman–Crippen MR) is 97.3 cm³/mol. The molecule has 3 rings (SSSR count). The van der Waals surface area contributed by atoms with E-state index in [9.17, 15) is 14.9 Å². The third-order valence-corrected chi connectivity index (χ3v) is 4.11. The Morgan fingerprint density at radius 2 is 1.92 bits per heavy atom. The molecule has 0 aromatic heterocycles. The minimum atomic E-state index is -0.405. The van der Waals surface area contributed by atoms with Crippen LogP contribution in [0, 0.1) is 10.1 Å². The molecular formula is C19H19N3O3. The number of carbonyl (C=O) groups is 1. The Bertz CT molecular complexity index is 832. The summed E-state index contributed by atoms with van der Waals surface area (Å²) in [5.74, 6) is -0.0339. The van der Waals surface area contributed by atoms with Crippen molar-refractivity contribution in [1.82, 2.24) is 4.90 Å². The number of para-hydroxylation sites is 2. The molecular weight excluding hydrogens is 318 g/mol. The fraction of sp³-hybridized carbons (Fsp3) is 0.211. The lowest BCUT2D eigenvalue weighted by Crippen LogP contribution is -2.48. The Hall–Kier alpha value is -3.15. The van der Waals surface area contributed by atoms with Gasteiger partial charge < -0.3 is 10.2 Å². The average molecular weight is 337 g/mol. The number of fused-ring (bicyclic) bond motifs is 1. The van der Waals surface area contributed by atoms with Gasteiger partial charge in [-0.2, -0.15) is 0 Å². The molecule has 0 radical (unpaired) electrons. The molecule has 6 nitrogen and oxygen atoms in total. The van der Waals surface area contributed by atoms with Crippen LogP contribution in [0.25, 0.3) is 6.08 Å². The molecule has 1 aliphatic heterocycles. The fourth-order valence-electron chi connectivity index (χ4n) is 2.94. The summed E-state index contributed by atoms with van der Waals surface area (Å²) < 4.78 is 0. The molecule has 128 valence electrons. The molecule has 1 heterocycles. The highest BCUT2D eigenvalue weighted by Crippen LogP contribution is 2.27. The van der Waals surface area contributed by atoms with E-state index in [1.54, 1.807) is 41.3 Å². The molecule has 1 aliphatic rings. The first-order chi connectivity index (χ1) is 12.1. The summed E-state index contributed by atoms with van der Waals surface area (Å²) in [5, 5.41) is 14.5. The first-order valence-corrected chi connectivity index (χ1v) is 8.20. The molecule has 0 saturated heterocycles. The maximum Gasteiger partial charge on any atom is 0.276 e.